The van der Waals surface area contributed by atoms with Crippen LogP contribution in [-0.2, 0) is 6.54 Å². The molecule has 0 saturated carbocycles. The summed E-state index contributed by atoms with van der Waals surface area (Å²) in [5, 5.41) is 8.50. The molecule has 8 nitrogen and oxygen atoms in total. The summed E-state index contributed by atoms with van der Waals surface area (Å²) in [6.07, 6.45) is 9.78. The van der Waals surface area contributed by atoms with Gasteiger partial charge < -0.3 is 4.98 Å². The third-order valence-corrected chi connectivity index (χ3v) is 7.11. The van der Waals surface area contributed by atoms with Crippen LogP contribution in [0.1, 0.15) is 24.0 Å². The van der Waals surface area contributed by atoms with E-state index in [1.165, 1.54) is 30.5 Å². The maximum atomic E-state index is 14.2. The van der Waals surface area contributed by atoms with Gasteiger partial charge in [0.2, 0.25) is 0 Å². The summed E-state index contributed by atoms with van der Waals surface area (Å²) in [5.74, 6) is 0.305. The van der Waals surface area contributed by atoms with Gasteiger partial charge in [-0.15, -0.1) is 0 Å². The molecule has 0 unspecified atom stereocenters. The molecule has 0 aliphatic carbocycles. The molecule has 188 valence electrons. The molecule has 1 aliphatic rings. The molecule has 2 N–H and O–H groups in total. The van der Waals surface area contributed by atoms with Crippen molar-refractivity contribution in [1.29, 1.82) is 0 Å². The highest BCUT2D eigenvalue weighted by Crippen LogP contribution is 2.32. The number of aromatic nitrogens is 7. The Morgan fingerprint density at radius 1 is 0.974 bits per heavy atom. The number of H-pyrrole nitrogens is 2. The molecule has 5 aromatic heterocycles. The zero-order valence-corrected chi connectivity index (χ0v) is 20.9. The maximum absolute atomic E-state index is 14.2. The number of nitrogens with zero attached hydrogens (tertiary/aromatic N) is 6. The van der Waals surface area contributed by atoms with E-state index >= 15 is 0 Å². The van der Waals surface area contributed by atoms with Crippen molar-refractivity contribution in [3.63, 3.8) is 0 Å². The fourth-order valence-electron chi connectivity index (χ4n) is 5.32. The topological polar surface area (TPSA) is 99.3 Å². The van der Waals surface area contributed by atoms with Gasteiger partial charge in [0.1, 0.15) is 11.5 Å². The largest absolute Gasteiger partial charge is 0.335 e. The van der Waals surface area contributed by atoms with Gasteiger partial charge in [-0.1, -0.05) is 6.07 Å². The highest BCUT2D eigenvalue weighted by atomic mass is 19.1. The van der Waals surface area contributed by atoms with Crippen molar-refractivity contribution in [3.8, 4) is 33.9 Å². The Morgan fingerprint density at radius 2 is 1.87 bits per heavy atom. The SMILES string of the molecule is Cc1cc(F)cc(-c2ccnc3nc(-c4n[nH]c5cnc(-c6cncc(CN7CCCC7)c6)cc45)[nH]c23)c1. The van der Waals surface area contributed by atoms with Crippen LogP contribution in [-0.4, -0.2) is 53.1 Å². The van der Waals surface area contributed by atoms with Crippen LogP contribution in [0.15, 0.2) is 61.2 Å². The molecule has 1 fully saturated rings. The Kier molecular flexibility index (Phi) is 5.44. The predicted molar refractivity (Wildman–Crippen MR) is 145 cm³/mol. The molecule has 6 heterocycles. The highest BCUT2D eigenvalue weighted by Gasteiger charge is 2.18. The second-order valence-corrected chi connectivity index (χ2v) is 9.91. The first kappa shape index (κ1) is 22.7. The molecule has 0 bridgehead atoms. The second-order valence-electron chi connectivity index (χ2n) is 9.91. The lowest BCUT2D eigenvalue weighted by atomic mass is 10.0. The Labute approximate surface area is 218 Å². The van der Waals surface area contributed by atoms with E-state index in [0.717, 1.165) is 64.0 Å². The molecule has 0 spiro atoms. The Balaban J connectivity index is 1.28. The van der Waals surface area contributed by atoms with Gasteiger partial charge in [0.25, 0.3) is 0 Å². The Bertz CT molecular complexity index is 1780. The molecule has 1 aromatic carbocycles. The Morgan fingerprint density at radius 3 is 2.74 bits per heavy atom. The smallest absolute Gasteiger partial charge is 0.178 e. The summed E-state index contributed by atoms with van der Waals surface area (Å²) >= 11 is 0. The van der Waals surface area contributed by atoms with E-state index in [4.69, 9.17) is 4.98 Å². The fraction of sp³-hybridized carbons (Fsp3) is 0.207. The molecule has 0 amide bonds. The van der Waals surface area contributed by atoms with Crippen molar-refractivity contribution in [2.45, 2.75) is 26.3 Å². The van der Waals surface area contributed by atoms with Gasteiger partial charge in [-0.2, -0.15) is 5.10 Å². The van der Waals surface area contributed by atoms with Crippen molar-refractivity contribution < 1.29 is 4.39 Å². The van der Waals surface area contributed by atoms with Crippen LogP contribution in [0.2, 0.25) is 0 Å². The minimum Gasteiger partial charge on any atom is -0.335 e. The average molecular weight is 505 g/mol. The van der Waals surface area contributed by atoms with Crippen LogP contribution >= 0.6 is 0 Å². The lowest BCUT2D eigenvalue weighted by molar-refractivity contribution is 0.331. The summed E-state index contributed by atoms with van der Waals surface area (Å²) in [7, 11) is 0. The molecular weight excluding hydrogens is 479 g/mol. The molecule has 0 radical (unpaired) electrons. The molecule has 1 aliphatic heterocycles. The number of pyridine rings is 3. The number of nitrogens with one attached hydrogen (secondary N) is 2. The lowest BCUT2D eigenvalue weighted by Gasteiger charge is -2.14. The summed E-state index contributed by atoms with van der Waals surface area (Å²) in [5.41, 5.74) is 8.17. The molecule has 1 saturated heterocycles. The van der Waals surface area contributed by atoms with Gasteiger partial charge in [0, 0.05) is 41.6 Å². The monoisotopic (exact) mass is 504 g/mol. The third kappa shape index (κ3) is 4.10. The number of imidazole rings is 1. The van der Waals surface area contributed by atoms with E-state index in [-0.39, 0.29) is 5.82 Å². The van der Waals surface area contributed by atoms with Crippen molar-refractivity contribution in [2.75, 3.05) is 13.1 Å². The van der Waals surface area contributed by atoms with Gasteiger partial charge in [-0.3, -0.25) is 20.0 Å². The number of aromatic amines is 2. The maximum Gasteiger partial charge on any atom is 0.178 e. The van der Waals surface area contributed by atoms with E-state index in [9.17, 15) is 4.39 Å². The molecule has 9 heteroatoms. The first-order valence-electron chi connectivity index (χ1n) is 12.7. The van der Waals surface area contributed by atoms with E-state index in [0.29, 0.717) is 17.2 Å². The summed E-state index contributed by atoms with van der Waals surface area (Å²) < 4.78 is 14.2. The molecular formula is C29H25FN8. The zero-order valence-electron chi connectivity index (χ0n) is 20.9. The summed E-state index contributed by atoms with van der Waals surface area (Å²) in [6, 6.07) is 11.0. The minimum absolute atomic E-state index is 0.276. The standard InChI is InChI=1S/C29H25FN8/c1-17-8-19(11-21(30)9-17)22-4-5-32-28-26(22)34-29(35-28)27-23-12-24(33-15-25(23)36-37-27)20-10-18(13-31-14-20)16-38-6-2-3-7-38/h4-5,8-15H,2-3,6-7,16H2,1H3,(H,36,37)(H,32,34,35). The Hall–Kier alpha value is -4.50. The minimum atomic E-state index is -0.276. The number of halogens is 1. The van der Waals surface area contributed by atoms with Crippen molar-refractivity contribution >= 4 is 22.1 Å². The van der Waals surface area contributed by atoms with E-state index < -0.39 is 0 Å². The zero-order chi connectivity index (χ0) is 25.6. The molecule has 0 atom stereocenters. The number of aryl methyl sites for hydroxylation is 1. The van der Waals surface area contributed by atoms with Crippen LogP contribution in [0.25, 0.3) is 56.0 Å². The number of fused-ring (bicyclic) bond motifs is 2. The van der Waals surface area contributed by atoms with Crippen LogP contribution < -0.4 is 0 Å². The average Bonchev–Trinajstić information content (AvgIpc) is 3.67. The van der Waals surface area contributed by atoms with Gasteiger partial charge >= 0.3 is 0 Å². The van der Waals surface area contributed by atoms with Gasteiger partial charge in [0.15, 0.2) is 11.5 Å². The van der Waals surface area contributed by atoms with Gasteiger partial charge in [-0.25, -0.2) is 14.4 Å². The van der Waals surface area contributed by atoms with E-state index in [1.54, 1.807) is 12.4 Å². The first-order valence-corrected chi connectivity index (χ1v) is 12.7. The van der Waals surface area contributed by atoms with Gasteiger partial charge in [-0.05, 0) is 79.9 Å². The van der Waals surface area contributed by atoms with E-state index in [1.807, 2.05) is 37.5 Å². The van der Waals surface area contributed by atoms with Gasteiger partial charge in [0.05, 0.1) is 22.9 Å². The normalized spacial score (nSPS) is 14.2. The quantitative estimate of drug-likeness (QED) is 0.314. The number of hydrogen-bond acceptors (Lipinski definition) is 6. The second kappa shape index (κ2) is 9.11. The van der Waals surface area contributed by atoms with Crippen LogP contribution in [0, 0.1) is 12.7 Å². The fourth-order valence-corrected chi connectivity index (χ4v) is 5.32. The molecule has 7 rings (SSSR count). The number of benzene rings is 1. The highest BCUT2D eigenvalue weighted by molar-refractivity contribution is 5.96. The molecule has 6 aromatic rings. The van der Waals surface area contributed by atoms with Crippen LogP contribution in [0.5, 0.6) is 0 Å². The predicted octanol–water partition coefficient (Wildman–Crippen LogP) is 5.67. The van der Waals surface area contributed by atoms with Crippen molar-refractivity contribution in [1.82, 2.24) is 40.0 Å². The van der Waals surface area contributed by atoms with Crippen molar-refractivity contribution in [3.05, 3.63) is 78.1 Å². The lowest BCUT2D eigenvalue weighted by Crippen LogP contribution is -2.18. The first-order chi connectivity index (χ1) is 18.6. The number of rotatable bonds is 5. The van der Waals surface area contributed by atoms with Crippen LogP contribution in [0.4, 0.5) is 4.39 Å². The summed E-state index contributed by atoms with van der Waals surface area (Å²) in [4.78, 5) is 24.2. The summed E-state index contributed by atoms with van der Waals surface area (Å²) in [6.45, 7) is 5.06. The number of likely N-dealkylation sites (tertiary alicyclic amines) is 1. The van der Waals surface area contributed by atoms with E-state index in [2.05, 4.69) is 41.1 Å². The third-order valence-electron chi connectivity index (χ3n) is 7.11. The van der Waals surface area contributed by atoms with Crippen molar-refractivity contribution in [2.24, 2.45) is 0 Å². The molecule has 38 heavy (non-hydrogen) atoms. The van der Waals surface area contributed by atoms with Crippen LogP contribution in [0.3, 0.4) is 0 Å². The number of hydrogen-bond donors (Lipinski definition) is 2.